The normalized spacial score (nSPS) is 20.1. The van der Waals surface area contributed by atoms with E-state index in [0.29, 0.717) is 5.88 Å². The van der Waals surface area contributed by atoms with Gasteiger partial charge in [-0.25, -0.2) is 4.39 Å². The summed E-state index contributed by atoms with van der Waals surface area (Å²) in [5.74, 6) is -1.23. The standard InChI is InChI=1S/C16H15FN4O/c1-2-3-12-14-13(9-4-6-10(17)7-5-9)11(8-18)15(19)22-16(14)21-20-12/h4-7,11,13,19H,2-3H2,1H3,(H,20,21). The number of aromatic amines is 1. The van der Waals surface area contributed by atoms with Crippen molar-refractivity contribution in [2.24, 2.45) is 5.92 Å². The van der Waals surface area contributed by atoms with Crippen molar-refractivity contribution in [2.75, 3.05) is 0 Å². The van der Waals surface area contributed by atoms with Crippen LogP contribution in [0.1, 0.15) is 36.1 Å². The number of aryl methyl sites for hydroxylation is 1. The lowest BCUT2D eigenvalue weighted by Crippen LogP contribution is -2.31. The smallest absolute Gasteiger partial charge is 0.243 e. The van der Waals surface area contributed by atoms with Crippen molar-refractivity contribution in [1.29, 1.82) is 10.7 Å². The average Bonchev–Trinajstić information content (AvgIpc) is 2.90. The van der Waals surface area contributed by atoms with E-state index in [2.05, 4.69) is 16.3 Å². The number of fused-ring (bicyclic) bond motifs is 1. The molecule has 0 radical (unpaired) electrons. The van der Waals surface area contributed by atoms with E-state index in [4.69, 9.17) is 10.1 Å². The van der Waals surface area contributed by atoms with Gasteiger partial charge in [0.15, 0.2) is 0 Å². The van der Waals surface area contributed by atoms with Crippen LogP contribution in [0.5, 0.6) is 5.88 Å². The number of halogens is 1. The summed E-state index contributed by atoms with van der Waals surface area (Å²) in [6, 6.07) is 8.15. The van der Waals surface area contributed by atoms with Crippen LogP contribution in [0.4, 0.5) is 4.39 Å². The van der Waals surface area contributed by atoms with Crippen LogP contribution in [0.3, 0.4) is 0 Å². The first-order chi connectivity index (χ1) is 10.7. The highest BCUT2D eigenvalue weighted by Gasteiger charge is 2.40. The molecular formula is C16H15FN4O. The molecule has 0 spiro atoms. The first kappa shape index (κ1) is 14.3. The van der Waals surface area contributed by atoms with Gasteiger partial charge in [-0.05, 0) is 24.1 Å². The minimum atomic E-state index is -0.744. The zero-order valence-electron chi connectivity index (χ0n) is 12.1. The molecule has 1 aromatic carbocycles. The van der Waals surface area contributed by atoms with E-state index in [1.807, 2.05) is 6.92 Å². The van der Waals surface area contributed by atoms with Gasteiger partial charge in [0.25, 0.3) is 0 Å². The topological polar surface area (TPSA) is 85.5 Å². The van der Waals surface area contributed by atoms with Gasteiger partial charge in [0.2, 0.25) is 11.8 Å². The highest BCUT2D eigenvalue weighted by molar-refractivity contribution is 5.84. The van der Waals surface area contributed by atoms with Gasteiger partial charge in [-0.15, -0.1) is 5.10 Å². The molecule has 0 saturated heterocycles. The fourth-order valence-corrected chi connectivity index (χ4v) is 2.85. The van der Waals surface area contributed by atoms with Gasteiger partial charge < -0.3 is 4.74 Å². The van der Waals surface area contributed by atoms with E-state index in [1.54, 1.807) is 12.1 Å². The van der Waals surface area contributed by atoms with Crippen LogP contribution in [0, 0.1) is 28.5 Å². The largest absolute Gasteiger partial charge is 0.422 e. The van der Waals surface area contributed by atoms with Crippen molar-refractivity contribution in [3.05, 3.63) is 46.9 Å². The number of hydrogen-bond acceptors (Lipinski definition) is 4. The van der Waals surface area contributed by atoms with Gasteiger partial charge in [-0.2, -0.15) is 5.26 Å². The van der Waals surface area contributed by atoms with Gasteiger partial charge in [-0.3, -0.25) is 10.5 Å². The Hall–Kier alpha value is -2.68. The maximum atomic E-state index is 13.2. The van der Waals surface area contributed by atoms with Crippen LogP contribution < -0.4 is 4.74 Å². The molecule has 2 aromatic rings. The Kier molecular flexibility index (Phi) is 3.63. The van der Waals surface area contributed by atoms with Crippen LogP contribution in [-0.2, 0) is 6.42 Å². The predicted molar refractivity (Wildman–Crippen MR) is 78.3 cm³/mol. The molecule has 0 aliphatic carbocycles. The van der Waals surface area contributed by atoms with Gasteiger partial charge in [-0.1, -0.05) is 25.5 Å². The number of nitriles is 1. The predicted octanol–water partition coefficient (Wildman–Crippen LogP) is 3.14. The summed E-state index contributed by atoms with van der Waals surface area (Å²) in [5, 5.41) is 24.4. The Balaban J connectivity index is 2.16. The molecule has 2 atom stereocenters. The number of H-pyrrole nitrogens is 1. The SMILES string of the molecule is CCCc1[nH]nc2c1C(c1ccc(F)cc1)C(C#N)C(=N)O2. The lowest BCUT2D eigenvalue weighted by Gasteiger charge is -2.28. The molecule has 1 aromatic heterocycles. The molecule has 1 aliphatic rings. The van der Waals surface area contributed by atoms with Crippen molar-refractivity contribution in [1.82, 2.24) is 10.2 Å². The van der Waals surface area contributed by atoms with Gasteiger partial charge in [0.05, 0.1) is 6.07 Å². The number of nitrogens with zero attached hydrogens (tertiary/aromatic N) is 2. The Morgan fingerprint density at radius 1 is 1.41 bits per heavy atom. The molecular weight excluding hydrogens is 283 g/mol. The second-order valence-corrected chi connectivity index (χ2v) is 5.27. The molecule has 5 nitrogen and oxygen atoms in total. The molecule has 2 unspecified atom stereocenters. The van der Waals surface area contributed by atoms with Crippen molar-refractivity contribution < 1.29 is 9.13 Å². The fraction of sp³-hybridized carbons (Fsp3) is 0.312. The van der Waals surface area contributed by atoms with Crippen LogP contribution in [-0.4, -0.2) is 16.1 Å². The number of aromatic nitrogens is 2. The molecule has 0 bridgehead atoms. The number of benzene rings is 1. The third-order valence-electron chi connectivity index (χ3n) is 3.85. The second-order valence-electron chi connectivity index (χ2n) is 5.27. The second kappa shape index (κ2) is 5.60. The first-order valence-corrected chi connectivity index (χ1v) is 7.14. The zero-order valence-corrected chi connectivity index (χ0v) is 12.1. The van der Waals surface area contributed by atoms with Gasteiger partial charge in [0, 0.05) is 17.2 Å². The number of ether oxygens (including phenoxy) is 1. The Morgan fingerprint density at radius 2 is 2.14 bits per heavy atom. The molecule has 0 saturated carbocycles. The van der Waals surface area contributed by atoms with Gasteiger partial charge >= 0.3 is 0 Å². The third kappa shape index (κ3) is 2.25. The van der Waals surface area contributed by atoms with Crippen molar-refractivity contribution in [3.63, 3.8) is 0 Å². The van der Waals surface area contributed by atoms with Crippen molar-refractivity contribution in [2.45, 2.75) is 25.7 Å². The summed E-state index contributed by atoms with van der Waals surface area (Å²) < 4.78 is 18.6. The molecule has 22 heavy (non-hydrogen) atoms. The Morgan fingerprint density at radius 3 is 2.77 bits per heavy atom. The molecule has 112 valence electrons. The summed E-state index contributed by atoms with van der Waals surface area (Å²) in [7, 11) is 0. The minimum Gasteiger partial charge on any atom is -0.422 e. The summed E-state index contributed by atoms with van der Waals surface area (Å²) in [5.41, 5.74) is 2.48. The third-order valence-corrected chi connectivity index (χ3v) is 3.85. The lowest BCUT2D eigenvalue weighted by molar-refractivity contribution is 0.436. The van der Waals surface area contributed by atoms with Crippen LogP contribution in [0.25, 0.3) is 0 Å². The van der Waals surface area contributed by atoms with E-state index >= 15 is 0 Å². The average molecular weight is 298 g/mol. The van der Waals surface area contributed by atoms with E-state index < -0.39 is 5.92 Å². The molecule has 2 N–H and O–H groups in total. The fourth-order valence-electron chi connectivity index (χ4n) is 2.85. The Labute approximate surface area is 127 Å². The lowest BCUT2D eigenvalue weighted by atomic mass is 9.79. The van der Waals surface area contributed by atoms with E-state index in [9.17, 15) is 9.65 Å². The quantitative estimate of drug-likeness (QED) is 0.912. The number of hydrogen-bond donors (Lipinski definition) is 2. The molecule has 2 heterocycles. The van der Waals surface area contributed by atoms with Crippen LogP contribution in [0.2, 0.25) is 0 Å². The molecule has 0 amide bonds. The van der Waals surface area contributed by atoms with Crippen LogP contribution in [0.15, 0.2) is 24.3 Å². The van der Waals surface area contributed by atoms with Crippen LogP contribution >= 0.6 is 0 Å². The molecule has 6 heteroatoms. The highest BCUT2D eigenvalue weighted by Crippen LogP contribution is 2.43. The first-order valence-electron chi connectivity index (χ1n) is 7.14. The summed E-state index contributed by atoms with van der Waals surface area (Å²) in [6.07, 6.45) is 1.69. The van der Waals surface area contributed by atoms with E-state index in [-0.39, 0.29) is 17.6 Å². The maximum Gasteiger partial charge on any atom is 0.243 e. The summed E-state index contributed by atoms with van der Waals surface area (Å²) in [4.78, 5) is 0. The molecule has 0 fully saturated rings. The zero-order chi connectivity index (χ0) is 15.7. The molecule has 1 aliphatic heterocycles. The van der Waals surface area contributed by atoms with E-state index in [1.165, 1.54) is 12.1 Å². The number of nitrogens with one attached hydrogen (secondary N) is 2. The van der Waals surface area contributed by atoms with E-state index in [0.717, 1.165) is 29.7 Å². The minimum absolute atomic E-state index is 0.126. The highest BCUT2D eigenvalue weighted by atomic mass is 19.1. The summed E-state index contributed by atoms with van der Waals surface area (Å²) >= 11 is 0. The van der Waals surface area contributed by atoms with Crippen molar-refractivity contribution in [3.8, 4) is 11.9 Å². The Bertz CT molecular complexity index is 744. The van der Waals surface area contributed by atoms with Gasteiger partial charge in [0.1, 0.15) is 11.7 Å². The summed E-state index contributed by atoms with van der Waals surface area (Å²) in [6.45, 7) is 2.05. The van der Waals surface area contributed by atoms with Crippen molar-refractivity contribution >= 4 is 5.90 Å². The molecule has 3 rings (SSSR count). The monoisotopic (exact) mass is 298 g/mol. The number of rotatable bonds is 3. The maximum absolute atomic E-state index is 13.2.